The number of anilines is 1. The van der Waals surface area contributed by atoms with Crippen molar-refractivity contribution < 1.29 is 4.79 Å². The first-order valence-corrected chi connectivity index (χ1v) is 6.92. The summed E-state index contributed by atoms with van der Waals surface area (Å²) in [5.41, 5.74) is 3.67. The van der Waals surface area contributed by atoms with E-state index in [1.54, 1.807) is 4.90 Å². The van der Waals surface area contributed by atoms with Gasteiger partial charge in [0.25, 0.3) is 5.91 Å². The highest BCUT2D eigenvalue weighted by atomic mass is 35.5. The molecule has 0 N–H and O–H groups in total. The van der Waals surface area contributed by atoms with Crippen LogP contribution in [-0.2, 0) is 6.42 Å². The smallest absolute Gasteiger partial charge is 0.278 e. The van der Waals surface area contributed by atoms with E-state index in [0.29, 0.717) is 6.54 Å². The third kappa shape index (κ3) is 2.39. The number of hydrogen-bond acceptors (Lipinski definition) is 3. The predicted octanol–water partition coefficient (Wildman–Crippen LogP) is 3.03. The predicted molar refractivity (Wildman–Crippen MR) is 78.2 cm³/mol. The molecule has 1 aliphatic heterocycles. The van der Waals surface area contributed by atoms with Crippen LogP contribution in [0.25, 0.3) is 0 Å². The molecule has 20 heavy (non-hydrogen) atoms. The van der Waals surface area contributed by atoms with E-state index in [-0.39, 0.29) is 16.8 Å². The molecule has 1 aromatic carbocycles. The van der Waals surface area contributed by atoms with Gasteiger partial charge in [0.2, 0.25) is 0 Å². The van der Waals surface area contributed by atoms with Crippen molar-refractivity contribution in [2.24, 2.45) is 0 Å². The number of amides is 1. The van der Waals surface area contributed by atoms with Gasteiger partial charge in [0.15, 0.2) is 0 Å². The maximum Gasteiger partial charge on any atom is 0.278 e. The number of rotatable bonds is 1. The van der Waals surface area contributed by atoms with Crippen molar-refractivity contribution in [1.82, 2.24) is 9.97 Å². The molecule has 5 heteroatoms. The first kappa shape index (κ1) is 13.1. The Labute approximate surface area is 122 Å². The Balaban J connectivity index is 1.98. The number of aromatic nitrogens is 2. The van der Waals surface area contributed by atoms with Gasteiger partial charge >= 0.3 is 0 Å². The van der Waals surface area contributed by atoms with E-state index in [9.17, 15) is 4.79 Å². The van der Waals surface area contributed by atoms with E-state index in [4.69, 9.17) is 11.6 Å². The number of fused-ring (bicyclic) bond motifs is 1. The molecule has 2 aromatic rings. The molecule has 1 aliphatic rings. The summed E-state index contributed by atoms with van der Waals surface area (Å²) in [6.07, 6.45) is 4.83. The van der Waals surface area contributed by atoms with Gasteiger partial charge in [-0.3, -0.25) is 9.78 Å². The average Bonchev–Trinajstić information content (AvgIpc) is 2.45. The topological polar surface area (TPSA) is 46.1 Å². The van der Waals surface area contributed by atoms with E-state index in [1.807, 2.05) is 12.1 Å². The number of benzene rings is 1. The summed E-state index contributed by atoms with van der Waals surface area (Å²) < 4.78 is 0. The second kappa shape index (κ2) is 5.21. The molecule has 3 rings (SSSR count). The lowest BCUT2D eigenvalue weighted by Gasteiger charge is -2.29. The molecule has 1 aromatic heterocycles. The number of carbonyl (C=O) groups is 1. The van der Waals surface area contributed by atoms with Crippen molar-refractivity contribution in [3.63, 3.8) is 0 Å². The molecular formula is C15H14ClN3O. The van der Waals surface area contributed by atoms with Crippen LogP contribution in [0.15, 0.2) is 30.6 Å². The Morgan fingerprint density at radius 2 is 2.20 bits per heavy atom. The largest absolute Gasteiger partial charge is 0.307 e. The van der Waals surface area contributed by atoms with Gasteiger partial charge in [-0.2, -0.15) is 0 Å². The number of halogens is 1. The molecule has 0 saturated heterocycles. The van der Waals surface area contributed by atoms with Gasteiger partial charge in [-0.1, -0.05) is 29.3 Å². The van der Waals surface area contributed by atoms with Crippen LogP contribution in [0.2, 0.25) is 5.15 Å². The van der Waals surface area contributed by atoms with Gasteiger partial charge in [-0.25, -0.2) is 4.98 Å². The lowest BCUT2D eigenvalue weighted by Crippen LogP contribution is -2.36. The molecule has 0 saturated carbocycles. The minimum absolute atomic E-state index is 0.148. The highest BCUT2D eigenvalue weighted by molar-refractivity contribution is 6.29. The SMILES string of the molecule is Cc1ccc2c(c1)CCCN2C(=O)c1cncc(Cl)n1. The molecule has 2 heterocycles. The maximum atomic E-state index is 12.6. The fraction of sp³-hybridized carbons (Fsp3) is 0.267. The van der Waals surface area contributed by atoms with Crippen LogP contribution in [0, 0.1) is 6.92 Å². The number of aryl methyl sites for hydroxylation is 2. The van der Waals surface area contributed by atoms with Crippen LogP contribution in [-0.4, -0.2) is 22.4 Å². The minimum atomic E-state index is -0.148. The summed E-state index contributed by atoms with van der Waals surface area (Å²) >= 11 is 5.80. The van der Waals surface area contributed by atoms with Crippen LogP contribution in [0.1, 0.15) is 28.0 Å². The standard InChI is InChI=1S/C15H14ClN3O/c1-10-4-5-13-11(7-10)3-2-6-19(13)15(20)12-8-17-9-14(16)18-12/h4-5,7-9H,2-3,6H2,1H3. The second-order valence-corrected chi connectivity index (χ2v) is 5.31. The molecule has 0 radical (unpaired) electrons. The van der Waals surface area contributed by atoms with Gasteiger partial charge in [-0.05, 0) is 31.4 Å². The van der Waals surface area contributed by atoms with E-state index < -0.39 is 0 Å². The van der Waals surface area contributed by atoms with Crippen molar-refractivity contribution >= 4 is 23.2 Å². The fourth-order valence-electron chi connectivity index (χ4n) is 2.52. The lowest BCUT2D eigenvalue weighted by atomic mass is 9.99. The van der Waals surface area contributed by atoms with E-state index >= 15 is 0 Å². The molecule has 0 atom stereocenters. The Bertz CT molecular complexity index is 672. The third-order valence-electron chi connectivity index (χ3n) is 3.42. The molecule has 0 spiro atoms. The van der Waals surface area contributed by atoms with Gasteiger partial charge in [0.1, 0.15) is 10.8 Å². The molecule has 1 amide bonds. The molecule has 102 valence electrons. The lowest BCUT2D eigenvalue weighted by molar-refractivity contribution is 0.0980. The van der Waals surface area contributed by atoms with Gasteiger partial charge in [0, 0.05) is 12.2 Å². The Morgan fingerprint density at radius 3 is 3.00 bits per heavy atom. The van der Waals surface area contributed by atoms with Crippen molar-refractivity contribution in [2.75, 3.05) is 11.4 Å². The zero-order chi connectivity index (χ0) is 14.1. The summed E-state index contributed by atoms with van der Waals surface area (Å²) in [7, 11) is 0. The van der Waals surface area contributed by atoms with Crippen LogP contribution in [0.3, 0.4) is 0 Å². The van der Waals surface area contributed by atoms with E-state index in [2.05, 4.69) is 23.0 Å². The van der Waals surface area contributed by atoms with Crippen LogP contribution in [0.4, 0.5) is 5.69 Å². The van der Waals surface area contributed by atoms with Crippen molar-refractivity contribution in [2.45, 2.75) is 19.8 Å². The molecular weight excluding hydrogens is 274 g/mol. The van der Waals surface area contributed by atoms with Crippen LogP contribution >= 0.6 is 11.6 Å². The van der Waals surface area contributed by atoms with Gasteiger partial charge in [-0.15, -0.1) is 0 Å². The average molecular weight is 288 g/mol. The fourth-order valence-corrected chi connectivity index (χ4v) is 2.67. The zero-order valence-corrected chi connectivity index (χ0v) is 11.9. The number of hydrogen-bond donors (Lipinski definition) is 0. The summed E-state index contributed by atoms with van der Waals surface area (Å²) in [6, 6.07) is 6.16. The molecule has 0 bridgehead atoms. The first-order valence-electron chi connectivity index (χ1n) is 6.54. The minimum Gasteiger partial charge on any atom is -0.307 e. The zero-order valence-electron chi connectivity index (χ0n) is 11.1. The summed E-state index contributed by atoms with van der Waals surface area (Å²) in [5, 5.41) is 0.233. The van der Waals surface area contributed by atoms with Crippen molar-refractivity contribution in [3.05, 3.63) is 52.6 Å². The van der Waals surface area contributed by atoms with E-state index in [1.165, 1.54) is 23.5 Å². The van der Waals surface area contributed by atoms with Crippen LogP contribution < -0.4 is 4.90 Å². The monoisotopic (exact) mass is 287 g/mol. The Hall–Kier alpha value is -1.94. The van der Waals surface area contributed by atoms with Crippen molar-refractivity contribution in [3.8, 4) is 0 Å². The second-order valence-electron chi connectivity index (χ2n) is 4.92. The van der Waals surface area contributed by atoms with Crippen LogP contribution in [0.5, 0.6) is 0 Å². The van der Waals surface area contributed by atoms with Gasteiger partial charge < -0.3 is 4.90 Å². The molecule has 0 fully saturated rings. The third-order valence-corrected chi connectivity index (χ3v) is 3.61. The quantitative estimate of drug-likeness (QED) is 0.810. The van der Waals surface area contributed by atoms with Crippen molar-refractivity contribution in [1.29, 1.82) is 0 Å². The highest BCUT2D eigenvalue weighted by Gasteiger charge is 2.24. The number of nitrogens with zero attached hydrogens (tertiary/aromatic N) is 3. The Kier molecular flexibility index (Phi) is 3.40. The molecule has 4 nitrogen and oxygen atoms in total. The normalized spacial score (nSPS) is 14.0. The molecule has 0 aliphatic carbocycles. The summed E-state index contributed by atoms with van der Waals surface area (Å²) in [6.45, 7) is 2.76. The molecule has 0 unspecified atom stereocenters. The first-order chi connectivity index (χ1) is 9.65. The van der Waals surface area contributed by atoms with Gasteiger partial charge in [0.05, 0.1) is 12.4 Å². The number of carbonyl (C=O) groups excluding carboxylic acids is 1. The maximum absolute atomic E-state index is 12.6. The Morgan fingerprint density at radius 1 is 1.35 bits per heavy atom. The van der Waals surface area contributed by atoms with E-state index in [0.717, 1.165) is 18.5 Å². The summed E-state index contributed by atoms with van der Waals surface area (Å²) in [5.74, 6) is -0.148. The summed E-state index contributed by atoms with van der Waals surface area (Å²) in [4.78, 5) is 22.3. The highest BCUT2D eigenvalue weighted by Crippen LogP contribution is 2.29.